The third-order valence-corrected chi connectivity index (χ3v) is 6.24. The first-order valence-corrected chi connectivity index (χ1v) is 11.8. The quantitative estimate of drug-likeness (QED) is 0.353. The van der Waals surface area contributed by atoms with Crippen LogP contribution in [0.5, 0.6) is 17.2 Å². The van der Waals surface area contributed by atoms with Crippen LogP contribution < -0.4 is 24.8 Å². The van der Waals surface area contributed by atoms with E-state index in [-0.39, 0.29) is 5.91 Å². The van der Waals surface area contributed by atoms with E-state index in [1.165, 1.54) is 21.3 Å². The summed E-state index contributed by atoms with van der Waals surface area (Å²) in [6.45, 7) is 11.3. The topological polar surface area (TPSA) is 99.0 Å². The molecule has 0 atom stereocenters. The number of amides is 1. The van der Waals surface area contributed by atoms with Crippen molar-refractivity contribution < 1.29 is 19.0 Å². The summed E-state index contributed by atoms with van der Waals surface area (Å²) >= 11 is 0. The van der Waals surface area contributed by atoms with Crippen molar-refractivity contribution in [3.63, 3.8) is 0 Å². The number of hydrogen-bond donors (Lipinski definition) is 2. The third kappa shape index (κ3) is 5.62. The van der Waals surface area contributed by atoms with E-state index in [1.807, 2.05) is 50.6 Å². The molecule has 9 nitrogen and oxygen atoms in total. The van der Waals surface area contributed by atoms with Gasteiger partial charge < -0.3 is 19.5 Å². The fourth-order valence-electron chi connectivity index (χ4n) is 3.95. The molecule has 0 unspecified atom stereocenters. The third-order valence-electron chi connectivity index (χ3n) is 6.24. The summed E-state index contributed by atoms with van der Waals surface area (Å²) in [5, 5.41) is 10.8. The Bertz CT molecular complexity index is 1250. The van der Waals surface area contributed by atoms with E-state index in [4.69, 9.17) is 19.2 Å². The lowest BCUT2D eigenvalue weighted by molar-refractivity contribution is 0.0976. The number of guanidine groups is 1. The molecule has 0 aliphatic carbocycles. The average molecular weight is 494 g/mol. The lowest BCUT2D eigenvalue weighted by atomic mass is 10.1. The van der Waals surface area contributed by atoms with Gasteiger partial charge in [0.2, 0.25) is 11.7 Å². The fourth-order valence-corrected chi connectivity index (χ4v) is 3.95. The predicted octanol–water partition coefficient (Wildman–Crippen LogP) is 4.56. The van der Waals surface area contributed by atoms with E-state index < -0.39 is 0 Å². The maximum absolute atomic E-state index is 13.3. The summed E-state index contributed by atoms with van der Waals surface area (Å²) < 4.78 is 18.1. The van der Waals surface area contributed by atoms with Crippen LogP contribution in [0.15, 0.2) is 35.3 Å². The number of aryl methyl sites for hydroxylation is 3. The molecule has 0 bridgehead atoms. The first-order valence-electron chi connectivity index (χ1n) is 11.8. The second-order valence-corrected chi connectivity index (χ2v) is 8.37. The first kappa shape index (κ1) is 26.6. The number of rotatable bonds is 8. The smallest absolute Gasteiger partial charge is 0.258 e. The van der Waals surface area contributed by atoms with Crippen LogP contribution in [0.4, 0.5) is 5.69 Å². The molecule has 36 heavy (non-hydrogen) atoms. The van der Waals surface area contributed by atoms with Crippen molar-refractivity contribution in [2.75, 3.05) is 26.6 Å². The number of methoxy groups -OCH3 is 3. The molecule has 1 aromatic heterocycles. The predicted molar refractivity (Wildman–Crippen MR) is 142 cm³/mol. The van der Waals surface area contributed by atoms with Gasteiger partial charge in [-0.25, -0.2) is 4.99 Å². The van der Waals surface area contributed by atoms with Gasteiger partial charge in [-0.3, -0.25) is 14.8 Å². The number of benzene rings is 2. The van der Waals surface area contributed by atoms with Gasteiger partial charge in [0.1, 0.15) is 0 Å². The Kier molecular flexibility index (Phi) is 8.58. The Labute approximate surface area is 212 Å². The number of ether oxygens (including phenoxy) is 3. The van der Waals surface area contributed by atoms with Gasteiger partial charge in [-0.05, 0) is 63.9 Å². The highest BCUT2D eigenvalue weighted by atomic mass is 16.5. The zero-order chi connectivity index (χ0) is 26.4. The highest BCUT2D eigenvalue weighted by Gasteiger charge is 2.19. The van der Waals surface area contributed by atoms with E-state index in [2.05, 4.69) is 22.7 Å². The molecule has 1 amide bonds. The molecule has 0 saturated carbocycles. The minimum atomic E-state index is -0.372. The number of aromatic nitrogens is 2. The molecule has 0 fully saturated rings. The standard InChI is InChI=1S/C27H35N5O4/c1-9-32-19(5)21(18(4)31-32)15-28-27(29-22-12-10-11-16(2)17(22)3)30-26(33)20-13-23(34-6)25(36-8)24(14-20)35-7/h10-14H,9,15H2,1-8H3,(H2,28,29,30,33). The number of hydrogen-bond acceptors (Lipinski definition) is 6. The second-order valence-electron chi connectivity index (χ2n) is 8.37. The van der Waals surface area contributed by atoms with E-state index >= 15 is 0 Å². The number of nitrogens with zero attached hydrogens (tertiary/aromatic N) is 3. The molecule has 9 heteroatoms. The van der Waals surface area contributed by atoms with Crippen molar-refractivity contribution in [1.29, 1.82) is 0 Å². The summed E-state index contributed by atoms with van der Waals surface area (Å²) in [6, 6.07) is 9.16. The lowest BCUT2D eigenvalue weighted by Gasteiger charge is -2.16. The summed E-state index contributed by atoms with van der Waals surface area (Å²) in [4.78, 5) is 18.1. The summed E-state index contributed by atoms with van der Waals surface area (Å²) in [5.41, 5.74) is 6.40. The SMILES string of the molecule is CCn1nc(C)c(CN=C(NC(=O)c2cc(OC)c(OC)c(OC)c2)Nc2cccc(C)c2C)c1C. The van der Waals surface area contributed by atoms with Gasteiger partial charge in [-0.2, -0.15) is 5.10 Å². The monoisotopic (exact) mass is 493 g/mol. The molecule has 0 aliphatic heterocycles. The number of carbonyl (C=O) groups excluding carboxylic acids is 1. The van der Waals surface area contributed by atoms with Crippen LogP contribution in [0.1, 0.15) is 45.4 Å². The molecular weight excluding hydrogens is 458 g/mol. The van der Waals surface area contributed by atoms with Crippen LogP contribution in [-0.4, -0.2) is 43.0 Å². The van der Waals surface area contributed by atoms with Crippen molar-refractivity contribution in [3.05, 3.63) is 64.0 Å². The normalized spacial score (nSPS) is 11.3. The maximum atomic E-state index is 13.3. The summed E-state index contributed by atoms with van der Waals surface area (Å²) in [5.74, 6) is 1.15. The van der Waals surface area contributed by atoms with Gasteiger partial charge in [0.15, 0.2) is 11.5 Å². The molecule has 2 N–H and O–H groups in total. The van der Waals surface area contributed by atoms with Crippen molar-refractivity contribution >= 4 is 17.6 Å². The number of carbonyl (C=O) groups is 1. The molecule has 0 saturated heterocycles. The van der Waals surface area contributed by atoms with Crippen LogP contribution >= 0.6 is 0 Å². The molecule has 0 radical (unpaired) electrons. The van der Waals surface area contributed by atoms with Crippen LogP contribution in [0.3, 0.4) is 0 Å². The molecule has 0 aliphatic rings. The lowest BCUT2D eigenvalue weighted by Crippen LogP contribution is -2.36. The van der Waals surface area contributed by atoms with Gasteiger partial charge in [-0.1, -0.05) is 12.1 Å². The van der Waals surface area contributed by atoms with E-state index in [9.17, 15) is 4.79 Å². The molecule has 0 spiro atoms. The average Bonchev–Trinajstić information content (AvgIpc) is 3.16. The minimum absolute atomic E-state index is 0.325. The molecular formula is C27H35N5O4. The van der Waals surface area contributed by atoms with E-state index in [0.717, 1.165) is 40.3 Å². The molecule has 3 rings (SSSR count). The van der Waals surface area contributed by atoms with Gasteiger partial charge >= 0.3 is 0 Å². The van der Waals surface area contributed by atoms with Gasteiger partial charge in [0.05, 0.1) is 33.6 Å². The highest BCUT2D eigenvalue weighted by molar-refractivity contribution is 6.10. The van der Waals surface area contributed by atoms with Gasteiger partial charge in [-0.15, -0.1) is 0 Å². The number of aliphatic imine (C=N–C) groups is 1. The first-order chi connectivity index (χ1) is 17.2. The fraction of sp³-hybridized carbons (Fsp3) is 0.370. The van der Waals surface area contributed by atoms with Crippen LogP contribution in [0.2, 0.25) is 0 Å². The Hall–Kier alpha value is -4.01. The Morgan fingerprint density at radius 1 is 1.03 bits per heavy atom. The van der Waals surface area contributed by atoms with Crippen molar-refractivity contribution in [1.82, 2.24) is 15.1 Å². The Morgan fingerprint density at radius 3 is 2.25 bits per heavy atom. The van der Waals surface area contributed by atoms with Crippen LogP contribution in [-0.2, 0) is 13.1 Å². The Morgan fingerprint density at radius 2 is 1.69 bits per heavy atom. The maximum Gasteiger partial charge on any atom is 0.258 e. The molecule has 3 aromatic rings. The molecule has 1 heterocycles. The van der Waals surface area contributed by atoms with Crippen molar-refractivity contribution in [2.45, 2.75) is 47.7 Å². The largest absolute Gasteiger partial charge is 0.493 e. The number of nitrogens with one attached hydrogen (secondary N) is 2. The zero-order valence-electron chi connectivity index (χ0n) is 22.3. The minimum Gasteiger partial charge on any atom is -0.493 e. The van der Waals surface area contributed by atoms with E-state index in [0.29, 0.717) is 35.3 Å². The highest BCUT2D eigenvalue weighted by Crippen LogP contribution is 2.38. The second kappa shape index (κ2) is 11.6. The molecule has 2 aromatic carbocycles. The zero-order valence-corrected chi connectivity index (χ0v) is 22.3. The number of anilines is 1. The van der Waals surface area contributed by atoms with E-state index in [1.54, 1.807) is 12.1 Å². The summed E-state index contributed by atoms with van der Waals surface area (Å²) in [6.07, 6.45) is 0. The molecule has 192 valence electrons. The van der Waals surface area contributed by atoms with Gasteiger partial charge in [0.25, 0.3) is 5.91 Å². The summed E-state index contributed by atoms with van der Waals surface area (Å²) in [7, 11) is 4.54. The van der Waals surface area contributed by atoms with Crippen molar-refractivity contribution in [3.8, 4) is 17.2 Å². The van der Waals surface area contributed by atoms with Crippen LogP contribution in [0.25, 0.3) is 0 Å². The van der Waals surface area contributed by atoms with Crippen LogP contribution in [0, 0.1) is 27.7 Å². The van der Waals surface area contributed by atoms with Crippen molar-refractivity contribution in [2.24, 2.45) is 4.99 Å². The van der Waals surface area contributed by atoms with Gasteiger partial charge in [0, 0.05) is 29.1 Å². The Balaban J connectivity index is 1.98.